The Kier molecular flexibility index (Phi) is 28.0. The van der Waals surface area contributed by atoms with Gasteiger partial charge in [-0.2, -0.15) is 0 Å². The molecule has 0 aromatic carbocycles. The number of nitrogens with one attached hydrogen (secondary N) is 2. The van der Waals surface area contributed by atoms with Crippen LogP contribution in [-0.2, 0) is 0 Å². The zero-order chi connectivity index (χ0) is 24.2. The van der Waals surface area contributed by atoms with Gasteiger partial charge < -0.3 is 5.32 Å². The van der Waals surface area contributed by atoms with Gasteiger partial charge in [-0.05, 0) is 31.7 Å². The van der Waals surface area contributed by atoms with Crippen molar-refractivity contribution in [1.29, 1.82) is 0 Å². The molecule has 1 unspecified atom stereocenters. The highest BCUT2D eigenvalue weighted by Gasteiger charge is 2.14. The van der Waals surface area contributed by atoms with E-state index in [0.717, 1.165) is 19.1 Å². The van der Waals surface area contributed by atoms with Gasteiger partial charge in [0.2, 0.25) is 0 Å². The van der Waals surface area contributed by atoms with E-state index < -0.39 is 0 Å². The molecule has 0 fully saturated rings. The van der Waals surface area contributed by atoms with Crippen LogP contribution in [0.5, 0.6) is 0 Å². The lowest BCUT2D eigenvalue weighted by Gasteiger charge is -2.29. The zero-order valence-corrected chi connectivity index (χ0v) is 23.7. The highest BCUT2D eigenvalue weighted by Crippen LogP contribution is 2.20. The summed E-state index contributed by atoms with van der Waals surface area (Å²) in [6, 6.07) is 0. The largest absolute Gasteiger partial charge is 0.304 e. The van der Waals surface area contributed by atoms with Gasteiger partial charge in [0.15, 0.2) is 0 Å². The first-order chi connectivity index (χ1) is 16.3. The molecular weight excluding hydrogens is 402 g/mol. The summed E-state index contributed by atoms with van der Waals surface area (Å²) >= 11 is 0. The summed E-state index contributed by atoms with van der Waals surface area (Å²) in [6.07, 6.45) is 29.7. The van der Waals surface area contributed by atoms with Crippen molar-refractivity contribution in [2.24, 2.45) is 5.92 Å². The van der Waals surface area contributed by atoms with Crippen LogP contribution >= 0.6 is 0 Å². The second kappa shape index (κ2) is 28.1. The Morgan fingerprint density at radius 3 is 1.39 bits per heavy atom. The van der Waals surface area contributed by atoms with E-state index in [1.807, 2.05) is 0 Å². The van der Waals surface area contributed by atoms with Crippen molar-refractivity contribution in [2.75, 3.05) is 26.3 Å². The number of hydrogen-bond acceptors (Lipinski definition) is 3. The highest BCUT2D eigenvalue weighted by molar-refractivity contribution is 4.66. The first-order valence-corrected chi connectivity index (χ1v) is 15.5. The average Bonchev–Trinajstić information content (AvgIpc) is 2.82. The molecule has 0 radical (unpaired) electrons. The maximum absolute atomic E-state index is 3.72. The van der Waals surface area contributed by atoms with E-state index in [-0.39, 0.29) is 0 Å². The fourth-order valence-corrected chi connectivity index (χ4v) is 4.85. The minimum absolute atomic E-state index is 0.862. The minimum Gasteiger partial charge on any atom is -0.304 e. The molecule has 3 heteroatoms. The van der Waals surface area contributed by atoms with Crippen molar-refractivity contribution in [1.82, 2.24) is 15.8 Å². The molecule has 0 spiro atoms. The summed E-state index contributed by atoms with van der Waals surface area (Å²) in [7, 11) is 0. The second-order valence-corrected chi connectivity index (χ2v) is 10.5. The van der Waals surface area contributed by atoms with Gasteiger partial charge in [-0.15, -0.1) is 0 Å². The predicted molar refractivity (Wildman–Crippen MR) is 151 cm³/mol. The van der Waals surface area contributed by atoms with Gasteiger partial charge in [-0.25, -0.2) is 10.4 Å². The van der Waals surface area contributed by atoms with Crippen LogP contribution < -0.4 is 10.7 Å². The molecule has 1 atom stereocenters. The molecule has 0 aromatic rings. The quantitative estimate of drug-likeness (QED) is 0.0682. The van der Waals surface area contributed by atoms with E-state index in [1.54, 1.807) is 0 Å². The van der Waals surface area contributed by atoms with Crippen LogP contribution in [-0.4, -0.2) is 31.3 Å². The Hall–Kier alpha value is -0.120. The van der Waals surface area contributed by atoms with Crippen molar-refractivity contribution in [3.63, 3.8) is 0 Å². The highest BCUT2D eigenvalue weighted by atomic mass is 15.5. The predicted octanol–water partition coefficient (Wildman–Crippen LogP) is 9.23. The fraction of sp³-hybridized carbons (Fsp3) is 1.00. The molecule has 0 heterocycles. The standard InChI is InChI=1S/C30H65N3/c1-5-9-12-15-17-20-23-26-30(25-22-19-14-11-7-3)28-33(32-29-31-8-4)27-24-21-18-16-13-10-6-2/h30-32H,5-29H2,1-4H3. The summed E-state index contributed by atoms with van der Waals surface area (Å²) in [5, 5.41) is 6.04. The molecule has 0 aromatic heterocycles. The van der Waals surface area contributed by atoms with Gasteiger partial charge in [0.05, 0.1) is 6.67 Å². The van der Waals surface area contributed by atoms with Crippen molar-refractivity contribution in [3.05, 3.63) is 0 Å². The van der Waals surface area contributed by atoms with Crippen LogP contribution in [0.2, 0.25) is 0 Å². The third-order valence-corrected chi connectivity index (χ3v) is 7.12. The van der Waals surface area contributed by atoms with Gasteiger partial charge in [0, 0.05) is 13.1 Å². The Morgan fingerprint density at radius 2 is 0.939 bits per heavy atom. The maximum atomic E-state index is 3.72. The maximum Gasteiger partial charge on any atom is 0.0592 e. The number of nitrogens with zero attached hydrogens (tertiary/aromatic N) is 1. The lowest BCUT2D eigenvalue weighted by molar-refractivity contribution is 0.139. The van der Waals surface area contributed by atoms with Crippen molar-refractivity contribution in [3.8, 4) is 0 Å². The van der Waals surface area contributed by atoms with E-state index in [4.69, 9.17) is 0 Å². The van der Waals surface area contributed by atoms with Crippen LogP contribution in [0, 0.1) is 5.92 Å². The Bertz CT molecular complexity index is 347. The molecule has 33 heavy (non-hydrogen) atoms. The Labute approximate surface area is 210 Å². The number of unbranched alkanes of at least 4 members (excludes halogenated alkanes) is 16. The summed E-state index contributed by atoms with van der Waals surface area (Å²) in [5.41, 5.74) is 3.72. The zero-order valence-electron chi connectivity index (χ0n) is 23.7. The van der Waals surface area contributed by atoms with E-state index in [1.165, 1.54) is 148 Å². The monoisotopic (exact) mass is 468 g/mol. The third kappa shape index (κ3) is 24.8. The second-order valence-electron chi connectivity index (χ2n) is 10.5. The molecule has 0 aliphatic heterocycles. The molecule has 3 nitrogen and oxygen atoms in total. The van der Waals surface area contributed by atoms with Gasteiger partial charge in [0.25, 0.3) is 0 Å². The van der Waals surface area contributed by atoms with Crippen LogP contribution in [0.15, 0.2) is 0 Å². The minimum atomic E-state index is 0.862. The summed E-state index contributed by atoms with van der Waals surface area (Å²) in [5.74, 6) is 0.862. The summed E-state index contributed by atoms with van der Waals surface area (Å²) < 4.78 is 0. The van der Waals surface area contributed by atoms with Crippen LogP contribution in [0.3, 0.4) is 0 Å². The lowest BCUT2D eigenvalue weighted by atomic mass is 9.93. The van der Waals surface area contributed by atoms with Gasteiger partial charge in [-0.1, -0.05) is 143 Å². The number of hydrogen-bond donors (Lipinski definition) is 2. The molecule has 0 amide bonds. The SMILES string of the molecule is CCCCCCCCCC(CCCCCCC)CN(CCCCCCCCC)NCNCC. The number of hydrazine groups is 1. The molecule has 0 rings (SSSR count). The van der Waals surface area contributed by atoms with Gasteiger partial charge in [-0.3, -0.25) is 0 Å². The molecule has 0 bridgehead atoms. The fourth-order valence-electron chi connectivity index (χ4n) is 4.85. The summed E-state index contributed by atoms with van der Waals surface area (Å²) in [6.45, 7) is 13.5. The van der Waals surface area contributed by atoms with Crippen molar-refractivity contribution < 1.29 is 0 Å². The van der Waals surface area contributed by atoms with Crippen LogP contribution in [0.1, 0.15) is 163 Å². The van der Waals surface area contributed by atoms with E-state index in [2.05, 4.69) is 43.4 Å². The first-order valence-electron chi connectivity index (χ1n) is 15.5. The topological polar surface area (TPSA) is 27.3 Å². The number of rotatable bonds is 28. The van der Waals surface area contributed by atoms with Crippen molar-refractivity contribution in [2.45, 2.75) is 163 Å². The van der Waals surface area contributed by atoms with Crippen molar-refractivity contribution >= 4 is 0 Å². The molecular formula is C30H65N3. The molecule has 0 aliphatic rings. The van der Waals surface area contributed by atoms with Crippen LogP contribution in [0.4, 0.5) is 0 Å². The smallest absolute Gasteiger partial charge is 0.0592 e. The van der Waals surface area contributed by atoms with Gasteiger partial charge >= 0.3 is 0 Å². The molecule has 0 saturated heterocycles. The summed E-state index contributed by atoms with van der Waals surface area (Å²) in [4.78, 5) is 0. The molecule has 200 valence electrons. The molecule has 0 aliphatic carbocycles. The van der Waals surface area contributed by atoms with Gasteiger partial charge in [0.1, 0.15) is 0 Å². The Morgan fingerprint density at radius 1 is 0.515 bits per heavy atom. The molecule has 2 N–H and O–H groups in total. The average molecular weight is 468 g/mol. The lowest BCUT2D eigenvalue weighted by Crippen LogP contribution is -2.46. The van der Waals surface area contributed by atoms with E-state index >= 15 is 0 Å². The van der Waals surface area contributed by atoms with E-state index in [9.17, 15) is 0 Å². The first kappa shape index (κ1) is 32.9. The Balaban J connectivity index is 4.44. The third-order valence-electron chi connectivity index (χ3n) is 7.12. The van der Waals surface area contributed by atoms with Crippen LogP contribution in [0.25, 0.3) is 0 Å². The normalized spacial score (nSPS) is 12.6. The molecule has 0 saturated carbocycles. The van der Waals surface area contributed by atoms with E-state index in [0.29, 0.717) is 0 Å².